The SMILES string of the molecule is CCNC(=NCc1cccc2cccnc12)N1CCN(C(=O)C2CCCO2)CC1. The maximum absolute atomic E-state index is 12.6. The lowest BCUT2D eigenvalue weighted by atomic mass is 10.1. The fraction of sp³-hybridized carbons (Fsp3) is 0.500. The van der Waals surface area contributed by atoms with E-state index >= 15 is 0 Å². The second kappa shape index (κ2) is 9.22. The van der Waals surface area contributed by atoms with Crippen LogP contribution >= 0.6 is 0 Å². The lowest BCUT2D eigenvalue weighted by Gasteiger charge is -2.37. The quantitative estimate of drug-likeness (QED) is 0.634. The number of para-hydroxylation sites is 1. The highest BCUT2D eigenvalue weighted by atomic mass is 16.5. The largest absolute Gasteiger partial charge is 0.368 e. The van der Waals surface area contributed by atoms with E-state index in [0.717, 1.165) is 54.9 Å². The third-order valence-electron chi connectivity index (χ3n) is 5.55. The summed E-state index contributed by atoms with van der Waals surface area (Å²) in [5.41, 5.74) is 2.12. The van der Waals surface area contributed by atoms with Crippen molar-refractivity contribution in [3.8, 4) is 0 Å². The molecule has 2 fully saturated rings. The minimum Gasteiger partial charge on any atom is -0.368 e. The summed E-state index contributed by atoms with van der Waals surface area (Å²) in [5.74, 6) is 1.04. The van der Waals surface area contributed by atoms with Gasteiger partial charge in [-0.3, -0.25) is 9.78 Å². The zero-order valence-electron chi connectivity index (χ0n) is 17.0. The molecule has 2 aromatic rings. The maximum Gasteiger partial charge on any atom is 0.251 e. The molecule has 1 amide bonds. The van der Waals surface area contributed by atoms with Gasteiger partial charge in [-0.1, -0.05) is 24.3 Å². The summed E-state index contributed by atoms with van der Waals surface area (Å²) in [4.78, 5) is 26.1. The number of piperazine rings is 1. The van der Waals surface area contributed by atoms with E-state index in [9.17, 15) is 4.79 Å². The minimum absolute atomic E-state index is 0.144. The number of carbonyl (C=O) groups excluding carboxylic acids is 1. The second-order valence-electron chi connectivity index (χ2n) is 7.48. The van der Waals surface area contributed by atoms with Crippen molar-refractivity contribution in [2.45, 2.75) is 32.4 Å². The number of carbonyl (C=O) groups is 1. The van der Waals surface area contributed by atoms with Gasteiger partial charge >= 0.3 is 0 Å². The lowest BCUT2D eigenvalue weighted by Crippen LogP contribution is -2.55. The number of pyridine rings is 1. The van der Waals surface area contributed by atoms with Gasteiger partial charge in [-0.25, -0.2) is 4.99 Å². The molecule has 0 spiro atoms. The molecule has 1 aromatic heterocycles. The zero-order valence-corrected chi connectivity index (χ0v) is 17.0. The number of aromatic nitrogens is 1. The van der Waals surface area contributed by atoms with Gasteiger partial charge in [0.2, 0.25) is 0 Å². The van der Waals surface area contributed by atoms with Crippen LogP contribution in [-0.2, 0) is 16.1 Å². The Morgan fingerprint density at radius 1 is 1.21 bits per heavy atom. The van der Waals surface area contributed by atoms with Crippen LogP contribution in [0.3, 0.4) is 0 Å². The molecule has 29 heavy (non-hydrogen) atoms. The van der Waals surface area contributed by atoms with E-state index in [-0.39, 0.29) is 12.0 Å². The molecule has 1 unspecified atom stereocenters. The first-order chi connectivity index (χ1) is 14.3. The summed E-state index contributed by atoms with van der Waals surface area (Å²) in [7, 11) is 0. The van der Waals surface area contributed by atoms with Crippen molar-refractivity contribution in [2.75, 3.05) is 39.3 Å². The molecule has 7 heteroatoms. The van der Waals surface area contributed by atoms with E-state index in [2.05, 4.69) is 46.4 Å². The maximum atomic E-state index is 12.6. The topological polar surface area (TPSA) is 70.1 Å². The van der Waals surface area contributed by atoms with Gasteiger partial charge in [0.1, 0.15) is 6.10 Å². The molecule has 0 bridgehead atoms. The van der Waals surface area contributed by atoms with Crippen molar-refractivity contribution >= 4 is 22.8 Å². The van der Waals surface area contributed by atoms with Crippen LogP contribution in [0.4, 0.5) is 0 Å². The van der Waals surface area contributed by atoms with Crippen LogP contribution in [0.15, 0.2) is 41.5 Å². The number of rotatable bonds is 4. The number of ether oxygens (including phenoxy) is 1. The van der Waals surface area contributed by atoms with E-state index in [4.69, 9.17) is 9.73 Å². The summed E-state index contributed by atoms with van der Waals surface area (Å²) >= 11 is 0. The van der Waals surface area contributed by atoms with Crippen LogP contribution in [0.1, 0.15) is 25.3 Å². The van der Waals surface area contributed by atoms with Gasteiger partial charge in [0.05, 0.1) is 12.1 Å². The van der Waals surface area contributed by atoms with Crippen molar-refractivity contribution in [3.05, 3.63) is 42.1 Å². The molecule has 1 aromatic carbocycles. The van der Waals surface area contributed by atoms with Crippen LogP contribution in [0.25, 0.3) is 10.9 Å². The molecule has 0 aliphatic carbocycles. The normalized spacial score (nSPS) is 20.3. The van der Waals surface area contributed by atoms with Gasteiger partial charge in [0.25, 0.3) is 5.91 Å². The third-order valence-corrected chi connectivity index (χ3v) is 5.55. The summed E-state index contributed by atoms with van der Waals surface area (Å²) in [6, 6.07) is 10.2. The fourth-order valence-corrected chi connectivity index (χ4v) is 4.00. The van der Waals surface area contributed by atoms with Crippen molar-refractivity contribution < 1.29 is 9.53 Å². The Kier molecular flexibility index (Phi) is 6.24. The molecule has 3 heterocycles. The summed E-state index contributed by atoms with van der Waals surface area (Å²) in [6.07, 6.45) is 3.42. The molecule has 154 valence electrons. The summed E-state index contributed by atoms with van der Waals surface area (Å²) < 4.78 is 5.56. The molecule has 2 saturated heterocycles. The van der Waals surface area contributed by atoms with Gasteiger partial charge in [-0.2, -0.15) is 0 Å². The molecular formula is C22H29N5O2. The predicted molar refractivity (Wildman–Crippen MR) is 114 cm³/mol. The van der Waals surface area contributed by atoms with Gasteiger partial charge < -0.3 is 19.9 Å². The number of nitrogens with one attached hydrogen (secondary N) is 1. The Morgan fingerprint density at radius 3 is 2.76 bits per heavy atom. The first-order valence-electron chi connectivity index (χ1n) is 10.5. The molecule has 1 N–H and O–H groups in total. The van der Waals surface area contributed by atoms with Gasteiger partial charge in [-0.05, 0) is 31.4 Å². The number of benzene rings is 1. The minimum atomic E-state index is -0.234. The molecular weight excluding hydrogens is 366 g/mol. The number of aliphatic imine (C=N–C) groups is 1. The van der Waals surface area contributed by atoms with Crippen molar-refractivity contribution in [1.82, 2.24) is 20.1 Å². The van der Waals surface area contributed by atoms with Crippen molar-refractivity contribution in [3.63, 3.8) is 0 Å². The van der Waals surface area contributed by atoms with E-state index in [0.29, 0.717) is 26.2 Å². The van der Waals surface area contributed by atoms with Gasteiger partial charge in [0, 0.05) is 50.9 Å². The Balaban J connectivity index is 1.42. The average molecular weight is 396 g/mol. The summed E-state index contributed by atoms with van der Waals surface area (Å²) in [6.45, 7) is 7.13. The van der Waals surface area contributed by atoms with Crippen molar-refractivity contribution in [2.24, 2.45) is 4.99 Å². The third kappa shape index (κ3) is 4.50. The van der Waals surface area contributed by atoms with Crippen LogP contribution in [-0.4, -0.2) is 72.1 Å². The van der Waals surface area contributed by atoms with Crippen LogP contribution in [0.2, 0.25) is 0 Å². The molecule has 2 aliphatic heterocycles. The Bertz CT molecular complexity index is 865. The Labute approximate surface area is 171 Å². The van der Waals surface area contributed by atoms with Crippen LogP contribution in [0.5, 0.6) is 0 Å². The van der Waals surface area contributed by atoms with E-state index in [1.54, 1.807) is 0 Å². The monoisotopic (exact) mass is 395 g/mol. The predicted octanol–water partition coefficient (Wildman–Crippen LogP) is 2.02. The zero-order chi connectivity index (χ0) is 20.1. The molecule has 1 atom stereocenters. The van der Waals surface area contributed by atoms with E-state index < -0.39 is 0 Å². The van der Waals surface area contributed by atoms with Gasteiger partial charge in [-0.15, -0.1) is 0 Å². The highest BCUT2D eigenvalue weighted by Gasteiger charge is 2.30. The highest BCUT2D eigenvalue weighted by Crippen LogP contribution is 2.18. The van der Waals surface area contributed by atoms with E-state index in [1.807, 2.05) is 17.2 Å². The average Bonchev–Trinajstić information content (AvgIpc) is 3.31. The fourth-order valence-electron chi connectivity index (χ4n) is 4.00. The van der Waals surface area contributed by atoms with Gasteiger partial charge in [0.15, 0.2) is 5.96 Å². The number of hydrogen-bond donors (Lipinski definition) is 1. The summed E-state index contributed by atoms with van der Waals surface area (Å²) in [5, 5.41) is 4.53. The van der Waals surface area contributed by atoms with E-state index in [1.165, 1.54) is 0 Å². The van der Waals surface area contributed by atoms with Crippen molar-refractivity contribution in [1.29, 1.82) is 0 Å². The highest BCUT2D eigenvalue weighted by molar-refractivity contribution is 5.84. The Hall–Kier alpha value is -2.67. The molecule has 2 aliphatic rings. The van der Waals surface area contributed by atoms with Crippen LogP contribution < -0.4 is 5.32 Å². The first-order valence-corrected chi connectivity index (χ1v) is 10.5. The molecule has 0 radical (unpaired) electrons. The Morgan fingerprint density at radius 2 is 2.00 bits per heavy atom. The second-order valence-corrected chi connectivity index (χ2v) is 7.48. The number of amides is 1. The molecule has 4 rings (SSSR count). The number of guanidine groups is 1. The first kappa shape index (κ1) is 19.6. The molecule has 0 saturated carbocycles. The number of nitrogens with zero attached hydrogens (tertiary/aromatic N) is 4. The standard InChI is InChI=1S/C22H29N5O2/c1-2-23-22(25-16-18-7-3-6-17-8-4-10-24-20(17)18)27-13-11-26(12-14-27)21(28)19-9-5-15-29-19/h3-4,6-8,10,19H,2,5,9,11-16H2,1H3,(H,23,25). The lowest BCUT2D eigenvalue weighted by molar-refractivity contribution is -0.142. The van der Waals surface area contributed by atoms with Crippen LogP contribution in [0, 0.1) is 0 Å². The number of hydrogen-bond acceptors (Lipinski definition) is 4. The molecule has 7 nitrogen and oxygen atoms in total. The number of fused-ring (bicyclic) bond motifs is 1. The smallest absolute Gasteiger partial charge is 0.251 e.